The number of nitrogens with two attached hydrogens (primary N) is 1. The van der Waals surface area contributed by atoms with Crippen LogP contribution in [0.5, 0.6) is 0 Å². The van der Waals surface area contributed by atoms with Crippen molar-refractivity contribution in [3.63, 3.8) is 0 Å². The number of aryl methyl sites for hydroxylation is 1. The van der Waals surface area contributed by atoms with Gasteiger partial charge in [0, 0.05) is 32.4 Å². The van der Waals surface area contributed by atoms with Crippen LogP contribution in [0.3, 0.4) is 0 Å². The van der Waals surface area contributed by atoms with Crippen molar-refractivity contribution in [3.05, 3.63) is 18.2 Å². The van der Waals surface area contributed by atoms with Gasteiger partial charge < -0.3 is 10.3 Å². The van der Waals surface area contributed by atoms with Gasteiger partial charge in [-0.3, -0.25) is 4.90 Å². The van der Waals surface area contributed by atoms with E-state index in [1.54, 1.807) is 0 Å². The van der Waals surface area contributed by atoms with Crippen LogP contribution in [0.25, 0.3) is 0 Å². The van der Waals surface area contributed by atoms with Crippen LogP contribution in [0.15, 0.2) is 12.5 Å². The van der Waals surface area contributed by atoms with Gasteiger partial charge in [-0.15, -0.1) is 0 Å². The number of rotatable bonds is 2. The van der Waals surface area contributed by atoms with Gasteiger partial charge in [0.05, 0.1) is 12.0 Å². The summed E-state index contributed by atoms with van der Waals surface area (Å²) in [7, 11) is 2.03. The number of aromatic nitrogens is 2. The monoisotopic (exact) mass is 194 g/mol. The smallest absolute Gasteiger partial charge is 0.0945 e. The molecule has 1 aromatic heterocycles. The third-order valence-electron chi connectivity index (χ3n) is 2.84. The van der Waals surface area contributed by atoms with E-state index in [2.05, 4.69) is 14.5 Å². The lowest BCUT2D eigenvalue weighted by Crippen LogP contribution is -2.42. The van der Waals surface area contributed by atoms with Crippen molar-refractivity contribution in [1.29, 1.82) is 0 Å². The van der Waals surface area contributed by atoms with E-state index in [0.717, 1.165) is 13.1 Å². The first-order valence-corrected chi connectivity index (χ1v) is 5.19. The summed E-state index contributed by atoms with van der Waals surface area (Å²) in [6, 6.07) is 0.358. The van der Waals surface area contributed by atoms with Gasteiger partial charge in [-0.1, -0.05) is 0 Å². The topological polar surface area (TPSA) is 47.1 Å². The Morgan fingerprint density at radius 3 is 3.14 bits per heavy atom. The molecule has 0 amide bonds. The summed E-state index contributed by atoms with van der Waals surface area (Å²) in [6.07, 6.45) is 6.17. The molecule has 1 atom stereocenters. The predicted octanol–water partition coefficient (Wildman–Crippen LogP) is 0.343. The minimum Gasteiger partial charge on any atom is -0.337 e. The van der Waals surface area contributed by atoms with Gasteiger partial charge in [0.25, 0.3) is 0 Å². The maximum absolute atomic E-state index is 5.93. The van der Waals surface area contributed by atoms with Crippen molar-refractivity contribution >= 4 is 0 Å². The van der Waals surface area contributed by atoms with E-state index in [9.17, 15) is 0 Å². The third-order valence-corrected chi connectivity index (χ3v) is 2.84. The zero-order valence-corrected chi connectivity index (χ0v) is 8.69. The Balaban J connectivity index is 1.94. The minimum absolute atomic E-state index is 0.358. The van der Waals surface area contributed by atoms with E-state index in [4.69, 9.17) is 5.73 Å². The second kappa shape index (κ2) is 4.11. The average Bonchev–Trinajstić information content (AvgIpc) is 2.52. The van der Waals surface area contributed by atoms with Crippen LogP contribution >= 0.6 is 0 Å². The van der Waals surface area contributed by atoms with Crippen LogP contribution in [0, 0.1) is 0 Å². The van der Waals surface area contributed by atoms with Crippen LogP contribution < -0.4 is 5.73 Å². The first-order chi connectivity index (χ1) is 6.75. The fraction of sp³-hybridized carbons (Fsp3) is 0.700. The summed E-state index contributed by atoms with van der Waals surface area (Å²) < 4.78 is 2.07. The Morgan fingerprint density at radius 2 is 2.50 bits per heavy atom. The molecule has 14 heavy (non-hydrogen) atoms. The lowest BCUT2D eigenvalue weighted by molar-refractivity contribution is 0.198. The van der Waals surface area contributed by atoms with Gasteiger partial charge in [0.15, 0.2) is 0 Å². The summed E-state index contributed by atoms with van der Waals surface area (Å²) in [4.78, 5) is 6.52. The SMILES string of the molecule is Cn1cncc1CN1CCCC(N)C1. The molecule has 4 nitrogen and oxygen atoms in total. The first kappa shape index (κ1) is 9.68. The second-order valence-electron chi connectivity index (χ2n) is 4.13. The molecule has 1 unspecified atom stereocenters. The van der Waals surface area contributed by atoms with Crippen LogP contribution in [-0.4, -0.2) is 33.6 Å². The van der Waals surface area contributed by atoms with E-state index in [1.165, 1.54) is 25.1 Å². The van der Waals surface area contributed by atoms with Crippen molar-refractivity contribution < 1.29 is 0 Å². The summed E-state index contributed by atoms with van der Waals surface area (Å²) in [6.45, 7) is 3.16. The quantitative estimate of drug-likeness (QED) is 0.738. The van der Waals surface area contributed by atoms with Gasteiger partial charge in [-0.25, -0.2) is 4.98 Å². The van der Waals surface area contributed by atoms with E-state index in [0.29, 0.717) is 6.04 Å². The highest BCUT2D eigenvalue weighted by atomic mass is 15.2. The molecule has 0 saturated carbocycles. The van der Waals surface area contributed by atoms with Crippen molar-refractivity contribution in [2.45, 2.75) is 25.4 Å². The molecule has 4 heteroatoms. The molecule has 0 bridgehead atoms. The standard InChI is InChI=1S/C10H18N4/c1-13-8-12-5-10(13)7-14-4-2-3-9(11)6-14/h5,8-9H,2-4,6-7,11H2,1H3. The molecule has 1 saturated heterocycles. The molecule has 1 fully saturated rings. The molecular weight excluding hydrogens is 176 g/mol. The maximum Gasteiger partial charge on any atom is 0.0945 e. The van der Waals surface area contributed by atoms with Gasteiger partial charge in [0.1, 0.15) is 0 Å². The van der Waals surface area contributed by atoms with E-state index >= 15 is 0 Å². The second-order valence-corrected chi connectivity index (χ2v) is 4.13. The Kier molecular flexibility index (Phi) is 2.84. The molecule has 2 rings (SSSR count). The number of likely N-dealkylation sites (tertiary alicyclic amines) is 1. The summed E-state index contributed by atoms with van der Waals surface area (Å²) >= 11 is 0. The lowest BCUT2D eigenvalue weighted by atomic mass is 10.1. The number of piperidine rings is 1. The molecule has 0 aromatic carbocycles. The largest absolute Gasteiger partial charge is 0.337 e. The molecule has 2 heterocycles. The molecule has 1 aromatic rings. The Hall–Kier alpha value is -0.870. The molecule has 0 aliphatic carbocycles. The van der Waals surface area contributed by atoms with Crippen molar-refractivity contribution in [2.24, 2.45) is 12.8 Å². The Labute approximate surface area is 84.7 Å². The average molecular weight is 194 g/mol. The number of imidazole rings is 1. The fourth-order valence-corrected chi connectivity index (χ4v) is 2.00. The fourth-order valence-electron chi connectivity index (χ4n) is 2.00. The van der Waals surface area contributed by atoms with Crippen LogP contribution in [-0.2, 0) is 13.6 Å². The van der Waals surface area contributed by atoms with Gasteiger partial charge in [0.2, 0.25) is 0 Å². The predicted molar refractivity (Wildman–Crippen MR) is 55.7 cm³/mol. The zero-order valence-electron chi connectivity index (χ0n) is 8.69. The summed E-state index contributed by atoms with van der Waals surface area (Å²) in [5.41, 5.74) is 7.19. The van der Waals surface area contributed by atoms with Crippen LogP contribution in [0.2, 0.25) is 0 Å². The van der Waals surface area contributed by atoms with Gasteiger partial charge in [-0.2, -0.15) is 0 Å². The highest BCUT2D eigenvalue weighted by Crippen LogP contribution is 2.11. The maximum atomic E-state index is 5.93. The van der Waals surface area contributed by atoms with Crippen LogP contribution in [0.4, 0.5) is 0 Å². The molecular formula is C10H18N4. The van der Waals surface area contributed by atoms with E-state index in [-0.39, 0.29) is 0 Å². The van der Waals surface area contributed by atoms with Crippen LogP contribution in [0.1, 0.15) is 18.5 Å². The number of nitrogens with zero attached hydrogens (tertiary/aromatic N) is 3. The van der Waals surface area contributed by atoms with Crippen molar-refractivity contribution in [1.82, 2.24) is 14.5 Å². The highest BCUT2D eigenvalue weighted by Gasteiger charge is 2.17. The lowest BCUT2D eigenvalue weighted by Gasteiger charge is -2.30. The zero-order chi connectivity index (χ0) is 9.97. The Morgan fingerprint density at radius 1 is 1.64 bits per heavy atom. The molecule has 1 aliphatic rings. The van der Waals surface area contributed by atoms with Gasteiger partial charge in [-0.05, 0) is 19.4 Å². The molecule has 78 valence electrons. The molecule has 0 radical (unpaired) electrons. The Bertz CT molecular complexity index is 294. The summed E-state index contributed by atoms with van der Waals surface area (Å²) in [5.74, 6) is 0. The molecule has 0 spiro atoms. The summed E-state index contributed by atoms with van der Waals surface area (Å²) in [5, 5.41) is 0. The first-order valence-electron chi connectivity index (χ1n) is 5.19. The number of hydrogen-bond donors (Lipinski definition) is 1. The van der Waals surface area contributed by atoms with E-state index < -0.39 is 0 Å². The normalized spacial score (nSPS) is 24.0. The third kappa shape index (κ3) is 2.13. The van der Waals surface area contributed by atoms with Gasteiger partial charge >= 0.3 is 0 Å². The molecule has 1 aliphatic heterocycles. The minimum atomic E-state index is 0.358. The van der Waals surface area contributed by atoms with Crippen molar-refractivity contribution in [2.75, 3.05) is 13.1 Å². The van der Waals surface area contributed by atoms with Crippen molar-refractivity contribution in [3.8, 4) is 0 Å². The molecule has 2 N–H and O–H groups in total. The van der Waals surface area contributed by atoms with E-state index in [1.807, 2.05) is 19.6 Å². The number of hydrogen-bond acceptors (Lipinski definition) is 3. The highest BCUT2D eigenvalue weighted by molar-refractivity contribution is 4.97.